The van der Waals surface area contributed by atoms with E-state index < -0.39 is 0 Å². The minimum Gasteiger partial charge on any atom is -0.391 e. The van der Waals surface area contributed by atoms with Crippen molar-refractivity contribution >= 4 is 51.4 Å². The molecule has 2 aromatic rings. The number of thiophene rings is 1. The van der Waals surface area contributed by atoms with Crippen molar-refractivity contribution in [2.75, 3.05) is 5.73 Å². The highest BCUT2D eigenvalue weighted by Crippen LogP contribution is 2.24. The lowest BCUT2D eigenvalue weighted by atomic mass is 10.3. The van der Waals surface area contributed by atoms with E-state index in [4.69, 9.17) is 5.73 Å². The summed E-state index contributed by atoms with van der Waals surface area (Å²) in [6.07, 6.45) is 1.78. The van der Waals surface area contributed by atoms with Gasteiger partial charge in [0, 0.05) is 11.6 Å². The largest absolute Gasteiger partial charge is 0.391 e. The van der Waals surface area contributed by atoms with Gasteiger partial charge >= 0.3 is 0 Å². The van der Waals surface area contributed by atoms with Crippen LogP contribution < -0.4 is 5.73 Å². The second-order valence-electron chi connectivity index (χ2n) is 2.05. The number of halogens is 2. The van der Waals surface area contributed by atoms with Gasteiger partial charge in [0.15, 0.2) is 0 Å². The normalized spacial score (nSPS) is 8.67. The second-order valence-corrected chi connectivity index (χ2v) is 3.11. The first-order valence-electron chi connectivity index (χ1n) is 2.96. The number of rotatable bonds is 0. The molecule has 0 spiro atoms. The van der Waals surface area contributed by atoms with Gasteiger partial charge in [-0.05, 0) is 12.1 Å². The first-order chi connectivity index (χ1) is 4.86. The molecule has 0 aliphatic heterocycles. The zero-order valence-electron chi connectivity index (χ0n) is 6.06. The molecule has 2 N–H and O–H groups in total. The lowest BCUT2D eigenvalue weighted by molar-refractivity contribution is 1.45. The summed E-state index contributed by atoms with van der Waals surface area (Å²) in [6, 6.07) is 5.86. The summed E-state index contributed by atoms with van der Waals surface area (Å²) < 4.78 is 0. The molecule has 2 nitrogen and oxygen atoms in total. The van der Waals surface area contributed by atoms with E-state index in [-0.39, 0.29) is 24.8 Å². The van der Waals surface area contributed by atoms with Crippen LogP contribution in [-0.2, 0) is 0 Å². The standard InChI is InChI=1S/C7H6N2S.2ClH/c8-6-4-5-2-1-3-9-7(5)10-6;;/h1-4H,8H2;2*1H. The smallest absolute Gasteiger partial charge is 0.125 e. The van der Waals surface area contributed by atoms with E-state index in [0.29, 0.717) is 0 Å². The van der Waals surface area contributed by atoms with Crippen LogP contribution in [0.4, 0.5) is 5.00 Å². The van der Waals surface area contributed by atoms with E-state index in [1.807, 2.05) is 18.2 Å². The van der Waals surface area contributed by atoms with Crippen LogP contribution in [0.2, 0.25) is 0 Å². The van der Waals surface area contributed by atoms with Crippen molar-refractivity contribution in [3.05, 3.63) is 24.4 Å². The molecule has 0 amide bonds. The second kappa shape index (κ2) is 4.50. The highest BCUT2D eigenvalue weighted by atomic mass is 35.5. The Morgan fingerprint density at radius 1 is 1.33 bits per heavy atom. The van der Waals surface area contributed by atoms with E-state index in [9.17, 15) is 0 Å². The molecule has 0 radical (unpaired) electrons. The van der Waals surface area contributed by atoms with Crippen LogP contribution in [-0.4, -0.2) is 4.98 Å². The SMILES string of the molecule is Cl.Cl.Nc1cc2cccnc2s1. The van der Waals surface area contributed by atoms with Crippen molar-refractivity contribution < 1.29 is 0 Å². The molecular weight excluding hydrogens is 215 g/mol. The van der Waals surface area contributed by atoms with Crippen molar-refractivity contribution in [1.29, 1.82) is 0 Å². The lowest BCUT2D eigenvalue weighted by Crippen LogP contribution is -1.72. The van der Waals surface area contributed by atoms with Crippen molar-refractivity contribution in [3.63, 3.8) is 0 Å². The predicted octanol–water partition coefficient (Wildman–Crippen LogP) is 2.72. The number of nitrogens with zero attached hydrogens (tertiary/aromatic N) is 1. The summed E-state index contributed by atoms with van der Waals surface area (Å²) in [5.41, 5.74) is 5.57. The van der Waals surface area contributed by atoms with Gasteiger partial charge in [-0.3, -0.25) is 0 Å². The Bertz CT molecular complexity index is 328. The van der Waals surface area contributed by atoms with Crippen LogP contribution >= 0.6 is 36.2 Å². The summed E-state index contributed by atoms with van der Waals surface area (Å²) in [6.45, 7) is 0. The molecule has 0 unspecified atom stereocenters. The molecule has 0 saturated carbocycles. The molecule has 0 bridgehead atoms. The molecule has 2 aromatic heterocycles. The molecule has 2 heterocycles. The topological polar surface area (TPSA) is 38.9 Å². The van der Waals surface area contributed by atoms with Crippen molar-refractivity contribution in [2.24, 2.45) is 0 Å². The van der Waals surface area contributed by atoms with Crippen molar-refractivity contribution in [3.8, 4) is 0 Å². The Kier molecular flexibility index (Phi) is 4.31. The Hall–Kier alpha value is -0.510. The molecular formula is C7H8Cl2N2S. The van der Waals surface area contributed by atoms with Gasteiger partial charge in [-0.2, -0.15) is 0 Å². The van der Waals surface area contributed by atoms with Gasteiger partial charge in [-0.25, -0.2) is 4.98 Å². The molecule has 0 aromatic carbocycles. The predicted molar refractivity (Wildman–Crippen MR) is 58.5 cm³/mol. The third-order valence-electron chi connectivity index (χ3n) is 1.31. The number of fused-ring (bicyclic) bond motifs is 1. The highest BCUT2D eigenvalue weighted by molar-refractivity contribution is 7.22. The average molecular weight is 223 g/mol. The molecule has 5 heteroatoms. The number of hydrogen-bond donors (Lipinski definition) is 1. The molecule has 0 aliphatic carbocycles. The summed E-state index contributed by atoms with van der Waals surface area (Å²) in [5, 5.41) is 1.96. The number of nitrogen functional groups attached to an aromatic ring is 1. The fourth-order valence-corrected chi connectivity index (χ4v) is 1.66. The lowest BCUT2D eigenvalue weighted by Gasteiger charge is -1.81. The van der Waals surface area contributed by atoms with Gasteiger partial charge in [0.1, 0.15) is 4.83 Å². The first-order valence-corrected chi connectivity index (χ1v) is 3.78. The zero-order valence-corrected chi connectivity index (χ0v) is 8.51. The number of pyridine rings is 1. The minimum atomic E-state index is 0. The maximum absolute atomic E-state index is 5.57. The Balaban J connectivity index is 0.000000605. The molecule has 0 saturated heterocycles. The Morgan fingerprint density at radius 2 is 2.08 bits per heavy atom. The van der Waals surface area contributed by atoms with E-state index in [1.54, 1.807) is 6.20 Å². The van der Waals surface area contributed by atoms with Crippen molar-refractivity contribution in [2.45, 2.75) is 0 Å². The first kappa shape index (κ1) is 11.5. The van der Waals surface area contributed by atoms with Crippen LogP contribution in [0.5, 0.6) is 0 Å². The van der Waals surface area contributed by atoms with Gasteiger partial charge in [0.25, 0.3) is 0 Å². The summed E-state index contributed by atoms with van der Waals surface area (Å²) >= 11 is 1.52. The van der Waals surface area contributed by atoms with Gasteiger partial charge in [-0.1, -0.05) is 17.4 Å². The number of nitrogens with two attached hydrogens (primary N) is 1. The molecule has 2 rings (SSSR count). The third kappa shape index (κ3) is 2.00. The highest BCUT2D eigenvalue weighted by Gasteiger charge is 1.95. The molecule has 0 fully saturated rings. The van der Waals surface area contributed by atoms with E-state index >= 15 is 0 Å². The zero-order chi connectivity index (χ0) is 6.97. The average Bonchev–Trinajstić information content (AvgIpc) is 2.27. The third-order valence-corrected chi connectivity index (χ3v) is 2.20. The maximum atomic E-state index is 5.57. The van der Waals surface area contributed by atoms with Crippen LogP contribution in [0, 0.1) is 0 Å². The van der Waals surface area contributed by atoms with Gasteiger partial charge in [-0.15, -0.1) is 24.8 Å². The molecule has 66 valence electrons. The summed E-state index contributed by atoms with van der Waals surface area (Å²) in [7, 11) is 0. The number of anilines is 1. The van der Waals surface area contributed by atoms with Crippen LogP contribution in [0.15, 0.2) is 24.4 Å². The summed E-state index contributed by atoms with van der Waals surface area (Å²) in [5.74, 6) is 0. The summed E-state index contributed by atoms with van der Waals surface area (Å²) in [4.78, 5) is 5.15. The van der Waals surface area contributed by atoms with Crippen LogP contribution in [0.1, 0.15) is 0 Å². The Labute approximate surface area is 86.6 Å². The van der Waals surface area contributed by atoms with Crippen LogP contribution in [0.3, 0.4) is 0 Å². The number of hydrogen-bond acceptors (Lipinski definition) is 3. The molecule has 0 atom stereocenters. The van der Waals surface area contributed by atoms with Gasteiger partial charge in [0.2, 0.25) is 0 Å². The molecule has 0 aliphatic rings. The van der Waals surface area contributed by atoms with Crippen LogP contribution in [0.25, 0.3) is 10.2 Å². The minimum absolute atomic E-state index is 0. The van der Waals surface area contributed by atoms with Gasteiger partial charge in [0.05, 0.1) is 5.00 Å². The van der Waals surface area contributed by atoms with E-state index in [0.717, 1.165) is 15.2 Å². The maximum Gasteiger partial charge on any atom is 0.125 e. The van der Waals surface area contributed by atoms with E-state index in [1.165, 1.54) is 11.3 Å². The van der Waals surface area contributed by atoms with Crippen molar-refractivity contribution in [1.82, 2.24) is 4.98 Å². The fraction of sp³-hybridized carbons (Fsp3) is 0. The van der Waals surface area contributed by atoms with Gasteiger partial charge < -0.3 is 5.73 Å². The molecule has 12 heavy (non-hydrogen) atoms. The van der Waals surface area contributed by atoms with E-state index in [2.05, 4.69) is 4.98 Å². The number of aromatic nitrogens is 1. The fourth-order valence-electron chi connectivity index (χ4n) is 0.893. The quantitative estimate of drug-likeness (QED) is 0.745. The Morgan fingerprint density at radius 3 is 2.75 bits per heavy atom. The monoisotopic (exact) mass is 222 g/mol.